The molecule has 5 nitrogen and oxygen atoms in total. The molecule has 0 saturated heterocycles. The van der Waals surface area contributed by atoms with Crippen LogP contribution in [0.5, 0.6) is 0 Å². The van der Waals surface area contributed by atoms with Gasteiger partial charge in [-0.25, -0.2) is 4.98 Å². The molecule has 5 rings (SSSR count). The van der Waals surface area contributed by atoms with Crippen LogP contribution in [-0.4, -0.2) is 10.9 Å². The van der Waals surface area contributed by atoms with Crippen LogP contribution in [0.25, 0.3) is 11.0 Å². The average molecular weight is 360 g/mol. The first-order chi connectivity index (χ1) is 12.8. The first kappa shape index (κ1) is 15.0. The van der Waals surface area contributed by atoms with E-state index in [1.54, 1.807) is 47.5 Å². The quantitative estimate of drug-likeness (QED) is 0.542. The third kappa shape index (κ3) is 2.06. The number of anilines is 1. The van der Waals surface area contributed by atoms with Gasteiger partial charge in [0.05, 0.1) is 10.9 Å². The predicted octanol–water partition coefficient (Wildman–Crippen LogP) is 4.00. The minimum atomic E-state index is -0.534. The molecule has 1 amide bonds. The van der Waals surface area contributed by atoms with Gasteiger partial charge in [0.25, 0.3) is 5.91 Å². The average Bonchev–Trinajstić information content (AvgIpc) is 3.30. The lowest BCUT2D eigenvalue weighted by Gasteiger charge is -2.22. The molecule has 1 aliphatic rings. The summed E-state index contributed by atoms with van der Waals surface area (Å²) in [7, 11) is 0. The van der Waals surface area contributed by atoms with Gasteiger partial charge in [-0.3, -0.25) is 14.5 Å². The van der Waals surface area contributed by atoms with E-state index >= 15 is 0 Å². The smallest absolute Gasteiger partial charge is 0.296 e. The Bertz CT molecular complexity index is 1180. The lowest BCUT2D eigenvalue weighted by molar-refractivity contribution is 0.0970. The molecule has 26 heavy (non-hydrogen) atoms. The Hall–Kier alpha value is -3.25. The number of para-hydroxylation sites is 1. The van der Waals surface area contributed by atoms with Gasteiger partial charge in [0.15, 0.2) is 5.43 Å². The number of amides is 1. The molecule has 126 valence electrons. The number of aromatic nitrogens is 1. The van der Waals surface area contributed by atoms with E-state index in [0.29, 0.717) is 22.4 Å². The van der Waals surface area contributed by atoms with Crippen molar-refractivity contribution in [3.8, 4) is 0 Å². The molecule has 0 unspecified atom stereocenters. The van der Waals surface area contributed by atoms with Crippen molar-refractivity contribution >= 4 is 34.0 Å². The summed E-state index contributed by atoms with van der Waals surface area (Å²) >= 11 is 1.50. The van der Waals surface area contributed by atoms with Crippen molar-refractivity contribution < 1.29 is 9.21 Å². The molecule has 3 aromatic heterocycles. The Kier molecular flexibility index (Phi) is 3.26. The number of carbonyl (C=O) groups is 1. The molecule has 0 radical (unpaired) electrons. The number of carbonyl (C=O) groups excluding carboxylic acids is 1. The highest BCUT2D eigenvalue weighted by molar-refractivity contribution is 7.10. The van der Waals surface area contributed by atoms with Crippen molar-refractivity contribution in [2.75, 3.05) is 4.90 Å². The van der Waals surface area contributed by atoms with Crippen LogP contribution in [0.1, 0.15) is 27.0 Å². The van der Waals surface area contributed by atoms with Crippen LogP contribution in [0, 0.1) is 0 Å². The maximum atomic E-state index is 13.2. The number of benzene rings is 1. The topological polar surface area (TPSA) is 63.4 Å². The molecule has 1 atom stereocenters. The molecule has 0 N–H and O–H groups in total. The van der Waals surface area contributed by atoms with Gasteiger partial charge in [-0.2, -0.15) is 0 Å². The molecule has 0 fully saturated rings. The van der Waals surface area contributed by atoms with Gasteiger partial charge in [-0.15, -0.1) is 11.3 Å². The van der Waals surface area contributed by atoms with E-state index in [1.165, 1.54) is 11.3 Å². The maximum absolute atomic E-state index is 13.2. The number of hydrogen-bond donors (Lipinski definition) is 0. The summed E-state index contributed by atoms with van der Waals surface area (Å²) in [6.07, 6.45) is 1.63. The van der Waals surface area contributed by atoms with Gasteiger partial charge >= 0.3 is 0 Å². The lowest BCUT2D eigenvalue weighted by Crippen LogP contribution is -2.29. The highest BCUT2D eigenvalue weighted by Crippen LogP contribution is 2.41. The van der Waals surface area contributed by atoms with E-state index in [2.05, 4.69) is 4.98 Å². The third-order valence-corrected chi connectivity index (χ3v) is 5.41. The summed E-state index contributed by atoms with van der Waals surface area (Å²) in [6, 6.07) is 15.6. The standard InChI is InChI=1S/C20H12N2O3S/c23-18-12-6-1-2-7-13(12)25-19-16(18)17(14-8-5-11-26-14)22(20(19)24)15-9-3-4-10-21-15/h1-11,17H/t17-/m0/s1. The van der Waals surface area contributed by atoms with Crippen molar-refractivity contribution in [1.82, 2.24) is 4.98 Å². The normalized spacial score (nSPS) is 16.2. The first-order valence-electron chi connectivity index (χ1n) is 8.09. The second-order valence-corrected chi connectivity index (χ2v) is 6.93. The Balaban J connectivity index is 1.84. The zero-order valence-electron chi connectivity index (χ0n) is 13.5. The summed E-state index contributed by atoms with van der Waals surface area (Å²) in [5.74, 6) is 0.239. The maximum Gasteiger partial charge on any atom is 0.296 e. The zero-order valence-corrected chi connectivity index (χ0v) is 14.3. The van der Waals surface area contributed by atoms with Gasteiger partial charge in [0.2, 0.25) is 5.76 Å². The van der Waals surface area contributed by atoms with Crippen molar-refractivity contribution in [2.45, 2.75) is 6.04 Å². The van der Waals surface area contributed by atoms with Crippen LogP contribution in [0.15, 0.2) is 75.4 Å². The predicted molar refractivity (Wildman–Crippen MR) is 99.7 cm³/mol. The minimum absolute atomic E-state index is 0.0951. The molecular weight excluding hydrogens is 348 g/mol. The Morgan fingerprint density at radius 1 is 1.00 bits per heavy atom. The summed E-state index contributed by atoms with van der Waals surface area (Å²) in [6.45, 7) is 0. The van der Waals surface area contributed by atoms with Gasteiger partial charge in [0, 0.05) is 11.1 Å². The van der Waals surface area contributed by atoms with Crippen molar-refractivity contribution in [2.24, 2.45) is 0 Å². The van der Waals surface area contributed by atoms with Crippen molar-refractivity contribution in [3.63, 3.8) is 0 Å². The van der Waals surface area contributed by atoms with Crippen LogP contribution in [-0.2, 0) is 0 Å². The molecule has 1 aliphatic heterocycles. The van der Waals surface area contributed by atoms with Gasteiger partial charge < -0.3 is 4.42 Å². The summed E-state index contributed by atoms with van der Waals surface area (Å²) in [5.41, 5.74) is 0.617. The van der Waals surface area contributed by atoms with E-state index in [-0.39, 0.29) is 17.1 Å². The molecule has 1 aromatic carbocycles. The van der Waals surface area contributed by atoms with Gasteiger partial charge in [-0.05, 0) is 35.7 Å². The molecule has 0 spiro atoms. The third-order valence-electron chi connectivity index (χ3n) is 4.49. The Morgan fingerprint density at radius 3 is 2.62 bits per heavy atom. The number of nitrogens with zero attached hydrogens (tertiary/aromatic N) is 2. The number of fused-ring (bicyclic) bond motifs is 2. The fourth-order valence-corrected chi connectivity index (χ4v) is 4.19. The minimum Gasteiger partial charge on any atom is -0.450 e. The second kappa shape index (κ2) is 5.64. The monoisotopic (exact) mass is 360 g/mol. The van der Waals surface area contributed by atoms with Crippen molar-refractivity contribution in [1.29, 1.82) is 0 Å². The molecular formula is C20H12N2O3S. The number of pyridine rings is 1. The van der Waals surface area contributed by atoms with Crippen LogP contribution in [0.3, 0.4) is 0 Å². The summed E-state index contributed by atoms with van der Waals surface area (Å²) < 4.78 is 5.86. The molecule has 4 aromatic rings. The molecule has 0 saturated carbocycles. The zero-order chi connectivity index (χ0) is 17.7. The summed E-state index contributed by atoms with van der Waals surface area (Å²) in [5, 5.41) is 2.40. The van der Waals surface area contributed by atoms with Gasteiger partial charge in [-0.1, -0.05) is 24.3 Å². The first-order valence-corrected chi connectivity index (χ1v) is 8.97. The second-order valence-electron chi connectivity index (χ2n) is 5.95. The van der Waals surface area contributed by atoms with Gasteiger partial charge in [0.1, 0.15) is 17.4 Å². The highest BCUT2D eigenvalue weighted by Gasteiger charge is 2.44. The van der Waals surface area contributed by atoms with E-state index in [9.17, 15) is 9.59 Å². The van der Waals surface area contributed by atoms with E-state index in [1.807, 2.05) is 23.6 Å². The van der Waals surface area contributed by atoms with Crippen LogP contribution >= 0.6 is 11.3 Å². The van der Waals surface area contributed by atoms with Crippen LogP contribution in [0.4, 0.5) is 5.82 Å². The van der Waals surface area contributed by atoms with E-state index in [0.717, 1.165) is 4.88 Å². The largest absolute Gasteiger partial charge is 0.450 e. The number of thiophene rings is 1. The SMILES string of the molecule is O=C1c2oc3ccccc3c(=O)c2[C@H](c2cccs2)N1c1ccccn1. The van der Waals surface area contributed by atoms with Crippen molar-refractivity contribution in [3.05, 3.63) is 92.6 Å². The summed E-state index contributed by atoms with van der Waals surface area (Å²) in [4.78, 5) is 33.1. The molecule has 0 aliphatic carbocycles. The fourth-order valence-electron chi connectivity index (χ4n) is 3.37. The Morgan fingerprint density at radius 2 is 1.85 bits per heavy atom. The Labute approximate surface area is 152 Å². The lowest BCUT2D eigenvalue weighted by atomic mass is 10.0. The van der Waals surface area contributed by atoms with E-state index < -0.39 is 6.04 Å². The highest BCUT2D eigenvalue weighted by atomic mass is 32.1. The molecule has 4 heterocycles. The fraction of sp³-hybridized carbons (Fsp3) is 0.0500. The van der Waals surface area contributed by atoms with E-state index in [4.69, 9.17) is 4.42 Å². The number of hydrogen-bond acceptors (Lipinski definition) is 5. The molecule has 6 heteroatoms. The van der Waals surface area contributed by atoms with Crippen LogP contribution < -0.4 is 10.3 Å². The van der Waals surface area contributed by atoms with Crippen LogP contribution in [0.2, 0.25) is 0 Å². The number of rotatable bonds is 2. The molecule has 0 bridgehead atoms.